The summed E-state index contributed by atoms with van der Waals surface area (Å²) in [6.07, 6.45) is 2.74. The molecule has 4 rings (SSSR count). The Morgan fingerprint density at radius 1 is 1.38 bits per heavy atom. The molecule has 1 fully saturated rings. The Bertz CT molecular complexity index is 1130. The molecule has 3 aromatic rings. The smallest absolute Gasteiger partial charge is 0.229 e. The molecule has 6 nitrogen and oxygen atoms in total. The standard InChI is InChI=1S/C22H21FN4O2/c1-22(29,16-8-3-4-9-17(16)23)13-20(28)26-21-25-18-11-10-14(24-2)12-19(18)27(21)15-6-5-7-15/h3-4,8-12,15,29H,5-7,13H2,1H3,(H,25,26,28)/t22-/m1/s1. The topological polar surface area (TPSA) is 71.5 Å². The van der Waals surface area contributed by atoms with Gasteiger partial charge in [-0.15, -0.1) is 0 Å². The first-order valence-electron chi connectivity index (χ1n) is 9.56. The fourth-order valence-electron chi connectivity index (χ4n) is 3.73. The molecular weight excluding hydrogens is 371 g/mol. The van der Waals surface area contributed by atoms with Crippen LogP contribution >= 0.6 is 0 Å². The lowest BCUT2D eigenvalue weighted by Crippen LogP contribution is -2.30. The van der Waals surface area contributed by atoms with Crippen LogP contribution in [-0.4, -0.2) is 20.6 Å². The summed E-state index contributed by atoms with van der Waals surface area (Å²) < 4.78 is 16.0. The summed E-state index contributed by atoms with van der Waals surface area (Å²) in [5.74, 6) is -0.626. The highest BCUT2D eigenvalue weighted by Crippen LogP contribution is 2.38. The van der Waals surface area contributed by atoms with Crippen molar-refractivity contribution in [1.82, 2.24) is 9.55 Å². The number of nitrogens with one attached hydrogen (secondary N) is 1. The van der Waals surface area contributed by atoms with Crippen LogP contribution in [0.4, 0.5) is 16.0 Å². The third kappa shape index (κ3) is 3.59. The summed E-state index contributed by atoms with van der Waals surface area (Å²) in [6.45, 7) is 8.66. The van der Waals surface area contributed by atoms with Crippen LogP contribution in [0.5, 0.6) is 0 Å². The molecule has 1 heterocycles. The van der Waals surface area contributed by atoms with Crippen molar-refractivity contribution in [3.05, 3.63) is 65.3 Å². The summed E-state index contributed by atoms with van der Waals surface area (Å²) in [4.78, 5) is 20.7. The predicted molar refractivity (Wildman–Crippen MR) is 108 cm³/mol. The van der Waals surface area contributed by atoms with Crippen molar-refractivity contribution in [2.24, 2.45) is 0 Å². The molecule has 0 saturated heterocycles. The van der Waals surface area contributed by atoms with Gasteiger partial charge in [0.05, 0.1) is 29.6 Å². The van der Waals surface area contributed by atoms with E-state index in [0.29, 0.717) is 17.2 Å². The van der Waals surface area contributed by atoms with Gasteiger partial charge in [0.25, 0.3) is 0 Å². The first-order valence-corrected chi connectivity index (χ1v) is 9.56. The van der Waals surface area contributed by atoms with Crippen LogP contribution in [0.15, 0.2) is 42.5 Å². The summed E-state index contributed by atoms with van der Waals surface area (Å²) in [7, 11) is 0. The highest BCUT2D eigenvalue weighted by Gasteiger charge is 2.31. The Morgan fingerprint density at radius 3 is 2.79 bits per heavy atom. The van der Waals surface area contributed by atoms with E-state index in [1.165, 1.54) is 25.1 Å². The first-order chi connectivity index (χ1) is 13.9. The molecule has 1 aromatic heterocycles. The number of benzene rings is 2. The Morgan fingerprint density at radius 2 is 2.14 bits per heavy atom. The molecule has 1 amide bonds. The molecule has 1 aliphatic carbocycles. The van der Waals surface area contributed by atoms with E-state index in [1.54, 1.807) is 24.3 Å². The molecule has 1 saturated carbocycles. The summed E-state index contributed by atoms with van der Waals surface area (Å²) in [5.41, 5.74) is 0.433. The average Bonchev–Trinajstić information content (AvgIpc) is 2.97. The molecule has 148 valence electrons. The lowest BCUT2D eigenvalue weighted by atomic mass is 9.91. The highest BCUT2D eigenvalue weighted by atomic mass is 19.1. The van der Waals surface area contributed by atoms with Gasteiger partial charge in [0.2, 0.25) is 11.9 Å². The van der Waals surface area contributed by atoms with Gasteiger partial charge >= 0.3 is 0 Å². The van der Waals surface area contributed by atoms with Crippen LogP contribution in [0.3, 0.4) is 0 Å². The van der Waals surface area contributed by atoms with E-state index in [0.717, 1.165) is 24.8 Å². The zero-order valence-corrected chi connectivity index (χ0v) is 16.0. The van der Waals surface area contributed by atoms with Gasteiger partial charge in [-0.1, -0.05) is 24.3 Å². The highest BCUT2D eigenvalue weighted by molar-refractivity contribution is 5.93. The lowest BCUT2D eigenvalue weighted by molar-refractivity contribution is -0.120. The summed E-state index contributed by atoms with van der Waals surface area (Å²) in [6, 6.07) is 11.3. The second-order valence-electron chi connectivity index (χ2n) is 7.65. The van der Waals surface area contributed by atoms with Crippen molar-refractivity contribution in [2.45, 2.75) is 44.2 Å². The van der Waals surface area contributed by atoms with Gasteiger partial charge in [-0.3, -0.25) is 10.1 Å². The number of hydrogen-bond acceptors (Lipinski definition) is 3. The van der Waals surface area contributed by atoms with E-state index < -0.39 is 17.3 Å². The number of amides is 1. The predicted octanol–water partition coefficient (Wildman–Crippen LogP) is 4.69. The minimum absolute atomic E-state index is 0.0735. The molecule has 2 aromatic carbocycles. The number of imidazole rings is 1. The van der Waals surface area contributed by atoms with Crippen LogP contribution in [0.2, 0.25) is 0 Å². The Balaban J connectivity index is 1.63. The number of rotatable bonds is 5. The molecule has 0 unspecified atom stereocenters. The summed E-state index contributed by atoms with van der Waals surface area (Å²) >= 11 is 0. The SMILES string of the molecule is [C-]#[N+]c1ccc2nc(NC(=O)C[C@@](C)(O)c3ccccc3F)n(C3CCC3)c2c1. The third-order valence-corrected chi connectivity index (χ3v) is 5.45. The van der Waals surface area contributed by atoms with Crippen LogP contribution in [0, 0.1) is 12.4 Å². The number of fused-ring (bicyclic) bond motifs is 1. The Hall–Kier alpha value is -3.24. The molecule has 1 atom stereocenters. The van der Waals surface area contributed by atoms with Crippen molar-refractivity contribution in [3.63, 3.8) is 0 Å². The van der Waals surface area contributed by atoms with E-state index in [9.17, 15) is 14.3 Å². The Kier molecular flexibility index (Phi) is 4.81. The van der Waals surface area contributed by atoms with E-state index in [4.69, 9.17) is 6.57 Å². The van der Waals surface area contributed by atoms with Gasteiger partial charge < -0.3 is 9.67 Å². The monoisotopic (exact) mass is 392 g/mol. The van der Waals surface area contributed by atoms with Crippen molar-refractivity contribution in [1.29, 1.82) is 0 Å². The van der Waals surface area contributed by atoms with Gasteiger partial charge in [-0.05, 0) is 44.4 Å². The fourth-order valence-corrected chi connectivity index (χ4v) is 3.73. The Labute approximate surface area is 167 Å². The maximum Gasteiger partial charge on any atom is 0.229 e. The zero-order valence-electron chi connectivity index (χ0n) is 16.0. The zero-order chi connectivity index (χ0) is 20.6. The number of aromatic nitrogens is 2. The largest absolute Gasteiger partial charge is 0.385 e. The fraction of sp³-hybridized carbons (Fsp3) is 0.318. The van der Waals surface area contributed by atoms with E-state index in [1.807, 2.05) is 4.57 Å². The number of aliphatic hydroxyl groups is 1. The van der Waals surface area contributed by atoms with Crippen molar-refractivity contribution < 1.29 is 14.3 Å². The van der Waals surface area contributed by atoms with Gasteiger partial charge in [0.15, 0.2) is 5.69 Å². The van der Waals surface area contributed by atoms with Gasteiger partial charge in [-0.2, -0.15) is 0 Å². The minimum Gasteiger partial charge on any atom is -0.385 e. The summed E-state index contributed by atoms with van der Waals surface area (Å²) in [5, 5.41) is 13.5. The molecule has 7 heteroatoms. The van der Waals surface area contributed by atoms with Crippen LogP contribution in [0.1, 0.15) is 44.2 Å². The van der Waals surface area contributed by atoms with Crippen LogP contribution in [0.25, 0.3) is 15.9 Å². The normalized spacial score (nSPS) is 16.1. The number of halogens is 1. The average molecular weight is 392 g/mol. The lowest BCUT2D eigenvalue weighted by Gasteiger charge is -2.29. The molecule has 0 aliphatic heterocycles. The number of nitrogens with zero attached hydrogens (tertiary/aromatic N) is 3. The molecule has 2 N–H and O–H groups in total. The number of hydrogen-bond donors (Lipinski definition) is 2. The molecular formula is C22H21FN4O2. The van der Waals surface area contributed by atoms with E-state index in [-0.39, 0.29) is 18.0 Å². The van der Waals surface area contributed by atoms with Crippen molar-refractivity contribution in [3.8, 4) is 0 Å². The quantitative estimate of drug-likeness (QED) is 0.619. The van der Waals surface area contributed by atoms with Crippen molar-refractivity contribution >= 4 is 28.6 Å². The van der Waals surface area contributed by atoms with Gasteiger partial charge in [-0.25, -0.2) is 14.2 Å². The van der Waals surface area contributed by atoms with Crippen molar-refractivity contribution in [2.75, 3.05) is 5.32 Å². The molecule has 0 radical (unpaired) electrons. The van der Waals surface area contributed by atoms with Gasteiger partial charge in [0, 0.05) is 11.6 Å². The minimum atomic E-state index is -1.65. The van der Waals surface area contributed by atoms with Crippen LogP contribution < -0.4 is 5.32 Å². The number of carbonyl (C=O) groups is 1. The van der Waals surface area contributed by atoms with E-state index in [2.05, 4.69) is 15.1 Å². The second kappa shape index (κ2) is 7.30. The number of anilines is 1. The molecule has 0 bridgehead atoms. The third-order valence-electron chi connectivity index (χ3n) is 5.45. The molecule has 1 aliphatic rings. The maximum absolute atomic E-state index is 14.1. The van der Waals surface area contributed by atoms with Gasteiger partial charge in [0.1, 0.15) is 5.82 Å². The molecule has 29 heavy (non-hydrogen) atoms. The maximum atomic E-state index is 14.1. The molecule has 0 spiro atoms. The van der Waals surface area contributed by atoms with Crippen LogP contribution in [-0.2, 0) is 10.4 Å². The second-order valence-corrected chi connectivity index (χ2v) is 7.65. The number of carbonyl (C=O) groups excluding carboxylic acids is 1. The van der Waals surface area contributed by atoms with E-state index >= 15 is 0 Å². The first kappa shape index (κ1) is 19.1.